The Balaban J connectivity index is 0.00000288. The quantitative estimate of drug-likeness (QED) is 0.731. The Morgan fingerprint density at radius 2 is 2.00 bits per heavy atom. The van der Waals surface area contributed by atoms with Crippen LogP contribution in [-0.2, 0) is 4.79 Å². The van der Waals surface area contributed by atoms with Crippen molar-refractivity contribution < 1.29 is 14.6 Å². The zero-order valence-corrected chi connectivity index (χ0v) is 15.2. The fourth-order valence-corrected chi connectivity index (χ4v) is 2.97. The van der Waals surface area contributed by atoms with Gasteiger partial charge >= 0.3 is 0 Å². The second-order valence-electron chi connectivity index (χ2n) is 6.62. The molecule has 1 fully saturated rings. The van der Waals surface area contributed by atoms with Crippen LogP contribution in [0.5, 0.6) is 5.75 Å². The molecule has 3 atom stereocenters. The highest BCUT2D eigenvalue weighted by Gasteiger charge is 2.25. The second-order valence-corrected chi connectivity index (χ2v) is 6.62. The third kappa shape index (κ3) is 6.30. The van der Waals surface area contributed by atoms with Crippen LogP contribution < -0.4 is 15.8 Å². The van der Waals surface area contributed by atoms with Gasteiger partial charge in [-0.25, -0.2) is 0 Å². The van der Waals surface area contributed by atoms with Crippen molar-refractivity contribution >= 4 is 18.3 Å². The summed E-state index contributed by atoms with van der Waals surface area (Å²) in [5.41, 5.74) is 6.68. The van der Waals surface area contributed by atoms with Gasteiger partial charge < -0.3 is 20.9 Å². The minimum atomic E-state index is -0.718. The lowest BCUT2D eigenvalue weighted by molar-refractivity contribution is -0.126. The van der Waals surface area contributed by atoms with Crippen molar-refractivity contribution in [2.75, 3.05) is 6.54 Å². The molecule has 0 saturated heterocycles. The molecule has 1 saturated carbocycles. The number of benzene rings is 1. The average Bonchev–Trinajstić information content (AvgIpc) is 2.52. The molecule has 1 amide bonds. The summed E-state index contributed by atoms with van der Waals surface area (Å²) in [5, 5.41) is 13.1. The number of hydrogen-bond donors (Lipinski definition) is 3. The van der Waals surface area contributed by atoms with Crippen molar-refractivity contribution in [3.05, 3.63) is 29.8 Å². The van der Waals surface area contributed by atoms with Gasteiger partial charge in [-0.05, 0) is 50.8 Å². The molecule has 2 rings (SSSR count). The molecule has 0 radical (unpaired) electrons. The van der Waals surface area contributed by atoms with Gasteiger partial charge in [-0.15, -0.1) is 12.4 Å². The lowest BCUT2D eigenvalue weighted by atomic mass is 9.85. The van der Waals surface area contributed by atoms with Crippen molar-refractivity contribution in [3.63, 3.8) is 0 Å². The lowest BCUT2D eigenvalue weighted by Crippen LogP contribution is -2.39. The summed E-state index contributed by atoms with van der Waals surface area (Å²) in [5.74, 6) is 0.753. The summed E-state index contributed by atoms with van der Waals surface area (Å²) in [7, 11) is 0. The molecule has 1 aromatic carbocycles. The van der Waals surface area contributed by atoms with Crippen LogP contribution in [0.3, 0.4) is 0 Å². The molecule has 0 spiro atoms. The maximum atomic E-state index is 12.2. The fraction of sp³-hybridized carbons (Fsp3) is 0.611. The minimum absolute atomic E-state index is 0. The van der Waals surface area contributed by atoms with Crippen LogP contribution >= 0.6 is 12.4 Å². The highest BCUT2D eigenvalue weighted by molar-refractivity contribution is 5.85. The molecule has 5 nitrogen and oxygen atoms in total. The zero-order valence-electron chi connectivity index (χ0n) is 14.4. The number of nitrogens with one attached hydrogen (secondary N) is 1. The molecule has 0 aromatic heterocycles. The van der Waals surface area contributed by atoms with E-state index in [-0.39, 0.29) is 42.9 Å². The first-order valence-electron chi connectivity index (χ1n) is 8.43. The SMILES string of the molecule is CC(C)Oc1ccc(C(O)CNC(=O)C2CCCC(N)C2)cc1.Cl. The van der Waals surface area contributed by atoms with Gasteiger partial charge in [-0.3, -0.25) is 4.79 Å². The normalized spacial score (nSPS) is 21.7. The maximum Gasteiger partial charge on any atom is 0.223 e. The number of aliphatic hydroxyl groups excluding tert-OH is 1. The van der Waals surface area contributed by atoms with Crippen LogP contribution in [-0.4, -0.2) is 29.7 Å². The second kappa shape index (κ2) is 9.87. The van der Waals surface area contributed by atoms with Gasteiger partial charge in [0.2, 0.25) is 5.91 Å². The van der Waals surface area contributed by atoms with Gasteiger partial charge in [0.25, 0.3) is 0 Å². The molecule has 1 aromatic rings. The first kappa shape index (κ1) is 20.7. The van der Waals surface area contributed by atoms with Crippen LogP contribution in [0.25, 0.3) is 0 Å². The molecule has 0 heterocycles. The highest BCUT2D eigenvalue weighted by Crippen LogP contribution is 2.23. The van der Waals surface area contributed by atoms with E-state index < -0.39 is 6.10 Å². The van der Waals surface area contributed by atoms with Gasteiger partial charge in [0.05, 0.1) is 12.2 Å². The predicted molar refractivity (Wildman–Crippen MR) is 97.4 cm³/mol. The summed E-state index contributed by atoms with van der Waals surface area (Å²) >= 11 is 0. The summed E-state index contributed by atoms with van der Waals surface area (Å²) < 4.78 is 5.57. The first-order chi connectivity index (χ1) is 11.0. The maximum absolute atomic E-state index is 12.2. The van der Waals surface area contributed by atoms with E-state index in [1.807, 2.05) is 38.1 Å². The fourth-order valence-electron chi connectivity index (χ4n) is 2.97. The van der Waals surface area contributed by atoms with Gasteiger partial charge in [0.1, 0.15) is 5.75 Å². The molecule has 0 bridgehead atoms. The van der Waals surface area contributed by atoms with Crippen LogP contribution in [0.15, 0.2) is 24.3 Å². The molecule has 1 aliphatic carbocycles. The molecule has 0 aliphatic heterocycles. The largest absolute Gasteiger partial charge is 0.491 e. The van der Waals surface area contributed by atoms with Gasteiger partial charge in [-0.2, -0.15) is 0 Å². The van der Waals surface area contributed by atoms with E-state index in [4.69, 9.17) is 10.5 Å². The number of carbonyl (C=O) groups excluding carboxylic acids is 1. The molecular weight excluding hydrogens is 328 g/mol. The number of carbonyl (C=O) groups is 1. The van der Waals surface area contributed by atoms with Crippen LogP contribution in [0.1, 0.15) is 51.2 Å². The van der Waals surface area contributed by atoms with Crippen LogP contribution in [0, 0.1) is 5.92 Å². The number of rotatable bonds is 6. The van der Waals surface area contributed by atoms with E-state index in [2.05, 4.69) is 5.32 Å². The molecular formula is C18H29ClN2O3. The van der Waals surface area contributed by atoms with Crippen molar-refractivity contribution in [2.45, 2.75) is 57.8 Å². The number of nitrogens with two attached hydrogens (primary N) is 1. The number of hydrogen-bond acceptors (Lipinski definition) is 4. The zero-order chi connectivity index (χ0) is 16.8. The Morgan fingerprint density at radius 1 is 1.33 bits per heavy atom. The van der Waals surface area contributed by atoms with Crippen molar-refractivity contribution in [1.29, 1.82) is 0 Å². The number of halogens is 1. The Morgan fingerprint density at radius 3 is 2.58 bits per heavy atom. The van der Waals surface area contributed by atoms with E-state index in [0.717, 1.165) is 37.0 Å². The Hall–Kier alpha value is -1.30. The van der Waals surface area contributed by atoms with Gasteiger partial charge in [0, 0.05) is 18.5 Å². The van der Waals surface area contributed by atoms with Crippen molar-refractivity contribution in [2.24, 2.45) is 11.7 Å². The molecule has 4 N–H and O–H groups in total. The summed E-state index contributed by atoms with van der Waals surface area (Å²) in [6, 6.07) is 7.44. The smallest absolute Gasteiger partial charge is 0.223 e. The Bertz CT molecular complexity index is 507. The monoisotopic (exact) mass is 356 g/mol. The van der Waals surface area contributed by atoms with E-state index >= 15 is 0 Å². The molecule has 6 heteroatoms. The molecule has 3 unspecified atom stereocenters. The summed E-state index contributed by atoms with van der Waals surface area (Å²) in [6.45, 7) is 4.15. The van der Waals surface area contributed by atoms with Gasteiger partial charge in [-0.1, -0.05) is 18.6 Å². The number of aliphatic hydroxyl groups is 1. The van der Waals surface area contributed by atoms with E-state index in [1.165, 1.54) is 0 Å². The van der Waals surface area contributed by atoms with Crippen molar-refractivity contribution in [3.8, 4) is 5.75 Å². The van der Waals surface area contributed by atoms with Gasteiger partial charge in [0.15, 0.2) is 0 Å². The highest BCUT2D eigenvalue weighted by atomic mass is 35.5. The first-order valence-corrected chi connectivity index (χ1v) is 8.43. The van der Waals surface area contributed by atoms with Crippen LogP contribution in [0.4, 0.5) is 0 Å². The topological polar surface area (TPSA) is 84.6 Å². The summed E-state index contributed by atoms with van der Waals surface area (Å²) in [6.07, 6.45) is 3.02. The van der Waals surface area contributed by atoms with E-state index in [1.54, 1.807) is 0 Å². The summed E-state index contributed by atoms with van der Waals surface area (Å²) in [4.78, 5) is 12.2. The van der Waals surface area contributed by atoms with Crippen molar-refractivity contribution in [1.82, 2.24) is 5.32 Å². The molecule has 24 heavy (non-hydrogen) atoms. The number of amides is 1. The lowest BCUT2D eigenvalue weighted by Gasteiger charge is -2.26. The third-order valence-corrected chi connectivity index (χ3v) is 4.19. The Labute approximate surface area is 150 Å². The van der Waals surface area contributed by atoms with E-state index in [0.29, 0.717) is 0 Å². The molecule has 136 valence electrons. The van der Waals surface area contributed by atoms with E-state index in [9.17, 15) is 9.90 Å². The van der Waals surface area contributed by atoms with Crippen LogP contribution in [0.2, 0.25) is 0 Å². The average molecular weight is 357 g/mol. The Kier molecular flexibility index (Phi) is 8.53. The predicted octanol–water partition coefficient (Wildman–Crippen LogP) is 2.56. The third-order valence-electron chi connectivity index (χ3n) is 4.19. The number of ether oxygens (including phenoxy) is 1. The standard InChI is InChI=1S/C18H28N2O3.ClH/c1-12(2)23-16-8-6-13(7-9-16)17(21)11-20-18(22)14-4-3-5-15(19)10-14;/h6-9,12,14-15,17,21H,3-5,10-11,19H2,1-2H3,(H,20,22);1H. The minimum Gasteiger partial charge on any atom is -0.491 e. The molecule has 1 aliphatic rings.